The van der Waals surface area contributed by atoms with E-state index in [2.05, 4.69) is 34.0 Å². The van der Waals surface area contributed by atoms with E-state index >= 15 is 0 Å². The largest absolute Gasteiger partial charge is 0.476 e. The van der Waals surface area contributed by atoms with Crippen LogP contribution in [-0.2, 0) is 6.54 Å². The number of hydrogen-bond donors (Lipinski definition) is 1. The third-order valence-electron chi connectivity index (χ3n) is 3.37. The number of hydrogen-bond acceptors (Lipinski definition) is 5. The highest BCUT2D eigenvalue weighted by molar-refractivity contribution is 5.92. The number of carboxylic acids is 1. The summed E-state index contributed by atoms with van der Waals surface area (Å²) in [5.41, 5.74) is 0.961. The molecule has 2 heterocycles. The Morgan fingerprint density at radius 2 is 2.10 bits per heavy atom. The van der Waals surface area contributed by atoms with Crippen molar-refractivity contribution in [3.05, 3.63) is 30.1 Å². The topological polar surface area (TPSA) is 84.1 Å². The molecule has 112 valence electrons. The van der Waals surface area contributed by atoms with Crippen molar-refractivity contribution in [2.45, 2.75) is 20.4 Å². The van der Waals surface area contributed by atoms with Crippen molar-refractivity contribution < 1.29 is 9.90 Å². The fourth-order valence-electron chi connectivity index (χ4n) is 2.15. The Morgan fingerprint density at radius 1 is 1.33 bits per heavy atom. The van der Waals surface area contributed by atoms with Gasteiger partial charge in [0.2, 0.25) is 0 Å². The van der Waals surface area contributed by atoms with Crippen LogP contribution >= 0.6 is 0 Å². The number of carbonyl (C=O) groups is 1. The summed E-state index contributed by atoms with van der Waals surface area (Å²) in [5, 5.41) is 17.0. The van der Waals surface area contributed by atoms with Crippen LogP contribution in [0.2, 0.25) is 0 Å². The van der Waals surface area contributed by atoms with Crippen molar-refractivity contribution in [3.8, 4) is 11.4 Å². The van der Waals surface area contributed by atoms with Crippen LogP contribution in [0.15, 0.2) is 24.4 Å². The van der Waals surface area contributed by atoms with Gasteiger partial charge in [0.15, 0.2) is 5.69 Å². The predicted molar refractivity (Wildman–Crippen MR) is 78.0 cm³/mol. The summed E-state index contributed by atoms with van der Waals surface area (Å²) >= 11 is 0. The van der Waals surface area contributed by atoms with Gasteiger partial charge in [-0.15, -0.1) is 5.10 Å². The van der Waals surface area contributed by atoms with Crippen LogP contribution in [0.5, 0.6) is 0 Å². The first-order chi connectivity index (χ1) is 10.2. The molecule has 0 unspecified atom stereocenters. The highest BCUT2D eigenvalue weighted by atomic mass is 16.4. The van der Waals surface area contributed by atoms with E-state index in [0.29, 0.717) is 17.9 Å². The Labute approximate surface area is 123 Å². The Bertz CT molecular complexity index is 593. The van der Waals surface area contributed by atoms with Gasteiger partial charge in [0.05, 0.1) is 12.2 Å². The second-order valence-corrected chi connectivity index (χ2v) is 4.56. The molecular formula is C14H19N5O2. The summed E-state index contributed by atoms with van der Waals surface area (Å²) in [5.74, 6) is -1.09. The SMILES string of the molecule is CCN(CC)CCn1nnc(C(=O)O)c1-c1ccccn1. The maximum absolute atomic E-state index is 11.3. The number of aromatic carboxylic acids is 1. The van der Waals surface area contributed by atoms with E-state index in [0.717, 1.165) is 19.6 Å². The van der Waals surface area contributed by atoms with Gasteiger partial charge in [0.1, 0.15) is 5.69 Å². The molecule has 0 saturated heterocycles. The lowest BCUT2D eigenvalue weighted by Gasteiger charge is -2.18. The molecule has 0 radical (unpaired) electrons. The van der Waals surface area contributed by atoms with E-state index in [1.807, 2.05) is 6.07 Å². The second kappa shape index (κ2) is 6.94. The number of likely N-dealkylation sites (N-methyl/N-ethyl adjacent to an activating group) is 1. The molecular weight excluding hydrogens is 270 g/mol. The maximum Gasteiger partial charge on any atom is 0.358 e. The Morgan fingerprint density at radius 3 is 2.67 bits per heavy atom. The smallest absolute Gasteiger partial charge is 0.358 e. The van der Waals surface area contributed by atoms with Gasteiger partial charge in [-0.1, -0.05) is 25.1 Å². The normalized spacial score (nSPS) is 11.0. The minimum atomic E-state index is -1.09. The zero-order valence-corrected chi connectivity index (χ0v) is 12.2. The number of nitrogens with zero attached hydrogens (tertiary/aromatic N) is 5. The number of rotatable bonds is 7. The third-order valence-corrected chi connectivity index (χ3v) is 3.37. The average Bonchev–Trinajstić information content (AvgIpc) is 2.93. The van der Waals surface area contributed by atoms with Crippen LogP contribution in [0.3, 0.4) is 0 Å². The monoisotopic (exact) mass is 289 g/mol. The lowest BCUT2D eigenvalue weighted by Crippen LogP contribution is -2.27. The molecule has 7 nitrogen and oxygen atoms in total. The van der Waals surface area contributed by atoms with Crippen molar-refractivity contribution in [3.63, 3.8) is 0 Å². The van der Waals surface area contributed by atoms with E-state index in [1.165, 1.54) is 0 Å². The molecule has 2 aromatic heterocycles. The molecule has 2 aromatic rings. The first kappa shape index (κ1) is 15.1. The summed E-state index contributed by atoms with van der Waals surface area (Å²) in [6.07, 6.45) is 1.63. The Hall–Kier alpha value is -2.28. The molecule has 0 amide bonds. The zero-order valence-electron chi connectivity index (χ0n) is 12.2. The Kier molecular flexibility index (Phi) is 4.99. The van der Waals surface area contributed by atoms with Gasteiger partial charge in [-0.2, -0.15) is 0 Å². The molecule has 0 atom stereocenters. The minimum Gasteiger partial charge on any atom is -0.476 e. The quantitative estimate of drug-likeness (QED) is 0.829. The lowest BCUT2D eigenvalue weighted by atomic mass is 10.2. The summed E-state index contributed by atoms with van der Waals surface area (Å²) in [4.78, 5) is 17.8. The molecule has 21 heavy (non-hydrogen) atoms. The molecule has 0 spiro atoms. The summed E-state index contributed by atoms with van der Waals surface area (Å²) in [6.45, 7) is 7.43. The maximum atomic E-state index is 11.3. The van der Waals surface area contributed by atoms with E-state index in [1.54, 1.807) is 23.0 Å². The van der Waals surface area contributed by atoms with Crippen molar-refractivity contribution in [2.24, 2.45) is 0 Å². The number of carboxylic acid groups (broad SMARTS) is 1. The van der Waals surface area contributed by atoms with E-state index in [-0.39, 0.29) is 5.69 Å². The average molecular weight is 289 g/mol. The lowest BCUT2D eigenvalue weighted by molar-refractivity contribution is 0.0691. The molecule has 0 saturated carbocycles. The molecule has 0 aromatic carbocycles. The number of pyridine rings is 1. The third kappa shape index (κ3) is 3.43. The van der Waals surface area contributed by atoms with Crippen molar-refractivity contribution >= 4 is 5.97 Å². The first-order valence-electron chi connectivity index (χ1n) is 6.97. The first-order valence-corrected chi connectivity index (χ1v) is 6.97. The molecule has 7 heteroatoms. The molecule has 0 aliphatic rings. The number of aromatic nitrogens is 4. The van der Waals surface area contributed by atoms with Gasteiger partial charge in [0, 0.05) is 12.7 Å². The molecule has 0 bridgehead atoms. The van der Waals surface area contributed by atoms with E-state index in [4.69, 9.17) is 0 Å². The highest BCUT2D eigenvalue weighted by Gasteiger charge is 2.21. The van der Waals surface area contributed by atoms with Gasteiger partial charge in [0.25, 0.3) is 0 Å². The van der Waals surface area contributed by atoms with Gasteiger partial charge >= 0.3 is 5.97 Å². The summed E-state index contributed by atoms with van der Waals surface area (Å²) in [6, 6.07) is 5.36. The van der Waals surface area contributed by atoms with Crippen LogP contribution in [-0.4, -0.2) is 55.6 Å². The molecule has 2 rings (SSSR count). The van der Waals surface area contributed by atoms with Gasteiger partial charge in [-0.25, -0.2) is 9.48 Å². The summed E-state index contributed by atoms with van der Waals surface area (Å²) < 4.78 is 1.62. The molecule has 0 aliphatic heterocycles. The van der Waals surface area contributed by atoms with Crippen LogP contribution in [0.25, 0.3) is 11.4 Å². The van der Waals surface area contributed by atoms with Gasteiger partial charge in [-0.3, -0.25) is 4.98 Å². The predicted octanol–water partition coefficient (Wildman–Crippen LogP) is 1.38. The highest BCUT2D eigenvalue weighted by Crippen LogP contribution is 2.19. The van der Waals surface area contributed by atoms with E-state index in [9.17, 15) is 9.90 Å². The van der Waals surface area contributed by atoms with Crippen molar-refractivity contribution in [1.82, 2.24) is 24.9 Å². The van der Waals surface area contributed by atoms with Crippen LogP contribution in [0.4, 0.5) is 0 Å². The van der Waals surface area contributed by atoms with Crippen LogP contribution < -0.4 is 0 Å². The summed E-state index contributed by atoms with van der Waals surface area (Å²) in [7, 11) is 0. The second-order valence-electron chi connectivity index (χ2n) is 4.56. The van der Waals surface area contributed by atoms with Crippen LogP contribution in [0, 0.1) is 0 Å². The fraction of sp³-hybridized carbons (Fsp3) is 0.429. The van der Waals surface area contributed by atoms with Gasteiger partial charge in [-0.05, 0) is 25.2 Å². The molecule has 0 aliphatic carbocycles. The van der Waals surface area contributed by atoms with Gasteiger partial charge < -0.3 is 10.0 Å². The van der Waals surface area contributed by atoms with Crippen LogP contribution in [0.1, 0.15) is 24.3 Å². The minimum absolute atomic E-state index is 0.0618. The fourth-order valence-corrected chi connectivity index (χ4v) is 2.15. The standard InChI is InChI=1S/C14H19N5O2/c1-3-18(4-2)9-10-19-13(11-7-5-6-8-15-11)12(14(20)21)16-17-19/h5-8H,3-4,9-10H2,1-2H3,(H,20,21). The van der Waals surface area contributed by atoms with Crippen molar-refractivity contribution in [1.29, 1.82) is 0 Å². The zero-order chi connectivity index (χ0) is 15.2. The van der Waals surface area contributed by atoms with E-state index < -0.39 is 5.97 Å². The molecule has 0 fully saturated rings. The Balaban J connectivity index is 2.32. The van der Waals surface area contributed by atoms with Crippen molar-refractivity contribution in [2.75, 3.05) is 19.6 Å². The molecule has 1 N–H and O–H groups in total.